The van der Waals surface area contributed by atoms with Gasteiger partial charge in [-0.2, -0.15) is 0 Å². The summed E-state index contributed by atoms with van der Waals surface area (Å²) in [6, 6.07) is 15.2. The fourth-order valence-electron chi connectivity index (χ4n) is 5.85. The predicted molar refractivity (Wildman–Crippen MR) is 109 cm³/mol. The maximum absolute atomic E-state index is 13.3. The maximum Gasteiger partial charge on any atom is 0.224 e. The lowest BCUT2D eigenvalue weighted by Crippen LogP contribution is -2.60. The number of amides is 2. The summed E-state index contributed by atoms with van der Waals surface area (Å²) >= 11 is 0. The molecule has 2 amide bonds. The average Bonchev–Trinajstić information content (AvgIpc) is 3.15. The summed E-state index contributed by atoms with van der Waals surface area (Å²) in [4.78, 5) is 42.6. The molecule has 3 atom stereocenters. The van der Waals surface area contributed by atoms with E-state index in [2.05, 4.69) is 19.1 Å². The van der Waals surface area contributed by atoms with E-state index < -0.39 is 11.5 Å². The Morgan fingerprint density at radius 2 is 1.83 bits per heavy atom. The van der Waals surface area contributed by atoms with Crippen molar-refractivity contribution in [2.75, 3.05) is 4.90 Å². The van der Waals surface area contributed by atoms with Gasteiger partial charge in [-0.15, -0.1) is 0 Å². The van der Waals surface area contributed by atoms with E-state index in [0.717, 1.165) is 22.4 Å². The van der Waals surface area contributed by atoms with Gasteiger partial charge >= 0.3 is 0 Å². The van der Waals surface area contributed by atoms with Gasteiger partial charge in [0.1, 0.15) is 6.04 Å². The molecule has 1 spiro atoms. The van der Waals surface area contributed by atoms with Crippen LogP contribution in [0.25, 0.3) is 0 Å². The molecule has 5 heteroatoms. The van der Waals surface area contributed by atoms with Gasteiger partial charge in [-0.3, -0.25) is 14.4 Å². The van der Waals surface area contributed by atoms with E-state index in [1.165, 1.54) is 6.92 Å². The van der Waals surface area contributed by atoms with E-state index in [9.17, 15) is 14.4 Å². The van der Waals surface area contributed by atoms with Gasteiger partial charge in [-0.25, -0.2) is 0 Å². The van der Waals surface area contributed by atoms with Gasteiger partial charge in [0.25, 0.3) is 0 Å². The summed E-state index contributed by atoms with van der Waals surface area (Å²) < 4.78 is 0. The van der Waals surface area contributed by atoms with Crippen LogP contribution in [0, 0.1) is 6.92 Å². The Morgan fingerprint density at radius 3 is 2.59 bits per heavy atom. The summed E-state index contributed by atoms with van der Waals surface area (Å²) in [7, 11) is 0. The number of Topliss-reactive ketones (excluding diaryl/α,β-unsaturated/α-hetero) is 1. The fraction of sp³-hybridized carbons (Fsp3) is 0.375. The molecule has 148 valence electrons. The topological polar surface area (TPSA) is 57.7 Å². The molecule has 5 nitrogen and oxygen atoms in total. The summed E-state index contributed by atoms with van der Waals surface area (Å²) in [6.45, 7) is 4.11. The van der Waals surface area contributed by atoms with Crippen molar-refractivity contribution in [1.29, 1.82) is 0 Å². The quantitative estimate of drug-likeness (QED) is 0.794. The molecule has 0 N–H and O–H groups in total. The van der Waals surface area contributed by atoms with Crippen LogP contribution in [0.4, 0.5) is 5.69 Å². The van der Waals surface area contributed by atoms with Crippen LogP contribution < -0.4 is 4.90 Å². The van der Waals surface area contributed by atoms with Gasteiger partial charge in [0.05, 0.1) is 5.41 Å². The van der Waals surface area contributed by atoms with E-state index >= 15 is 0 Å². The number of nitrogens with zero attached hydrogens (tertiary/aromatic N) is 2. The highest BCUT2D eigenvalue weighted by molar-refractivity contribution is 6.07. The molecule has 2 aromatic carbocycles. The number of hydrogen-bond donors (Lipinski definition) is 0. The van der Waals surface area contributed by atoms with Crippen LogP contribution in [0.1, 0.15) is 42.9 Å². The van der Waals surface area contributed by atoms with Crippen LogP contribution >= 0.6 is 0 Å². The standard InChI is InChI=1S/C24H24N2O3/c1-15-7-3-4-8-17(15)14-25-21-12-11-20(28)23-24(21,13-22(25)29)18-9-5-6-10-19(18)26(23)16(2)27/h3-10,21,23H,11-14H2,1-2H3/t21-,23-,24+/m0/s1. The first kappa shape index (κ1) is 18.1. The lowest BCUT2D eigenvalue weighted by Gasteiger charge is -2.44. The third kappa shape index (κ3) is 2.36. The molecule has 0 radical (unpaired) electrons. The monoisotopic (exact) mass is 388 g/mol. The lowest BCUT2D eigenvalue weighted by molar-refractivity contribution is -0.130. The van der Waals surface area contributed by atoms with Gasteiger partial charge in [-0.05, 0) is 36.1 Å². The molecule has 2 aliphatic heterocycles. The Hall–Kier alpha value is -2.95. The molecule has 1 saturated heterocycles. The first-order valence-corrected chi connectivity index (χ1v) is 10.2. The number of carbonyl (C=O) groups is 3. The first-order valence-electron chi connectivity index (χ1n) is 10.2. The Balaban J connectivity index is 1.65. The molecule has 29 heavy (non-hydrogen) atoms. The van der Waals surface area contributed by atoms with E-state index in [1.807, 2.05) is 41.3 Å². The summed E-state index contributed by atoms with van der Waals surface area (Å²) in [6.07, 6.45) is 1.32. The second-order valence-corrected chi connectivity index (χ2v) is 8.49. The number of aryl methyl sites for hydroxylation is 1. The smallest absolute Gasteiger partial charge is 0.224 e. The molecule has 0 unspecified atom stereocenters. The second kappa shape index (κ2) is 6.28. The zero-order valence-electron chi connectivity index (χ0n) is 16.7. The normalized spacial score (nSPS) is 27.7. The zero-order valence-corrected chi connectivity index (χ0v) is 16.7. The maximum atomic E-state index is 13.3. The Morgan fingerprint density at radius 1 is 1.10 bits per heavy atom. The number of hydrogen-bond acceptors (Lipinski definition) is 3. The van der Waals surface area contributed by atoms with Crippen LogP contribution in [0.15, 0.2) is 48.5 Å². The molecular weight excluding hydrogens is 364 g/mol. The van der Waals surface area contributed by atoms with Crippen LogP contribution in [0.3, 0.4) is 0 Å². The van der Waals surface area contributed by atoms with E-state index in [4.69, 9.17) is 0 Å². The van der Waals surface area contributed by atoms with Crippen LogP contribution in [-0.4, -0.2) is 34.6 Å². The molecule has 0 bridgehead atoms. The fourth-order valence-corrected chi connectivity index (χ4v) is 5.85. The number of likely N-dealkylation sites (tertiary alicyclic amines) is 1. The molecule has 3 aliphatic rings. The predicted octanol–water partition coefficient (Wildman–Crippen LogP) is 3.13. The molecule has 2 heterocycles. The molecule has 2 fully saturated rings. The largest absolute Gasteiger partial charge is 0.334 e. The van der Waals surface area contributed by atoms with Crippen LogP contribution in [-0.2, 0) is 26.3 Å². The Labute approximate surface area is 170 Å². The number of carbonyl (C=O) groups excluding carboxylic acids is 3. The SMILES string of the molecule is CC(=O)N1c2ccccc2[C@]23CC(=O)N(Cc4ccccc4C)[C@H]2CCC(=O)[C@H]13. The van der Waals surface area contributed by atoms with Crippen molar-refractivity contribution >= 4 is 23.3 Å². The number of benzene rings is 2. The average molecular weight is 388 g/mol. The van der Waals surface area contributed by atoms with Crippen molar-refractivity contribution in [2.45, 2.75) is 57.2 Å². The number of anilines is 1. The summed E-state index contributed by atoms with van der Waals surface area (Å²) in [5.41, 5.74) is 3.40. The molecule has 0 aromatic heterocycles. The highest BCUT2D eigenvalue weighted by atomic mass is 16.2. The number of fused-ring (bicyclic) bond motifs is 1. The van der Waals surface area contributed by atoms with Gasteiger partial charge in [0.15, 0.2) is 5.78 Å². The minimum absolute atomic E-state index is 0.0677. The molecule has 1 saturated carbocycles. The number of rotatable bonds is 2. The minimum Gasteiger partial charge on any atom is -0.334 e. The van der Waals surface area contributed by atoms with Crippen LogP contribution in [0.5, 0.6) is 0 Å². The lowest BCUT2D eigenvalue weighted by atomic mass is 9.64. The first-order chi connectivity index (χ1) is 13.9. The minimum atomic E-state index is -0.642. The van der Waals surface area contributed by atoms with Gasteiger partial charge in [-0.1, -0.05) is 42.5 Å². The highest BCUT2D eigenvalue weighted by Crippen LogP contribution is 2.57. The number of ketones is 1. The van der Waals surface area contributed by atoms with Gasteiger partial charge < -0.3 is 9.80 Å². The van der Waals surface area contributed by atoms with Gasteiger partial charge in [0.2, 0.25) is 11.8 Å². The zero-order chi connectivity index (χ0) is 20.3. The van der Waals surface area contributed by atoms with E-state index in [-0.39, 0.29) is 30.1 Å². The molecule has 2 aromatic rings. The second-order valence-electron chi connectivity index (χ2n) is 8.49. The van der Waals surface area contributed by atoms with E-state index in [1.54, 1.807) is 4.90 Å². The van der Waals surface area contributed by atoms with Crippen molar-refractivity contribution in [1.82, 2.24) is 4.90 Å². The molecule has 5 rings (SSSR count). The Bertz CT molecular complexity index is 1050. The summed E-state index contributed by atoms with van der Waals surface area (Å²) in [5.74, 6) is -0.00511. The number of para-hydroxylation sites is 1. The third-order valence-corrected chi connectivity index (χ3v) is 7.06. The summed E-state index contributed by atoms with van der Waals surface area (Å²) in [5, 5.41) is 0. The van der Waals surface area contributed by atoms with Crippen molar-refractivity contribution in [3.8, 4) is 0 Å². The third-order valence-electron chi connectivity index (χ3n) is 7.06. The van der Waals surface area contributed by atoms with Crippen molar-refractivity contribution in [2.24, 2.45) is 0 Å². The molecular formula is C24H24N2O3. The van der Waals surface area contributed by atoms with Crippen molar-refractivity contribution in [3.05, 3.63) is 65.2 Å². The van der Waals surface area contributed by atoms with Crippen molar-refractivity contribution < 1.29 is 14.4 Å². The highest BCUT2D eigenvalue weighted by Gasteiger charge is 2.66. The Kier molecular flexibility index (Phi) is 3.92. The van der Waals surface area contributed by atoms with Crippen molar-refractivity contribution in [3.63, 3.8) is 0 Å². The van der Waals surface area contributed by atoms with Crippen LogP contribution in [0.2, 0.25) is 0 Å². The molecule has 1 aliphatic carbocycles. The van der Waals surface area contributed by atoms with Gasteiger partial charge in [0, 0.05) is 38.0 Å². The van der Waals surface area contributed by atoms with E-state index in [0.29, 0.717) is 19.4 Å².